The zero-order valence-corrected chi connectivity index (χ0v) is 14.6. The number of fused-ring (bicyclic) bond motifs is 1. The summed E-state index contributed by atoms with van der Waals surface area (Å²) in [6, 6.07) is 18.6. The molecular weight excluding hydrogens is 310 g/mol. The van der Waals surface area contributed by atoms with Crippen LogP contribution in [0.1, 0.15) is 32.1 Å². The molecule has 3 nitrogen and oxygen atoms in total. The van der Waals surface area contributed by atoms with Gasteiger partial charge in [-0.2, -0.15) is 0 Å². The van der Waals surface area contributed by atoms with Gasteiger partial charge in [0.1, 0.15) is 17.1 Å². The van der Waals surface area contributed by atoms with Gasteiger partial charge >= 0.3 is 0 Å². The van der Waals surface area contributed by atoms with E-state index in [2.05, 4.69) is 12.1 Å². The summed E-state index contributed by atoms with van der Waals surface area (Å²) in [6.45, 7) is 0. The number of para-hydroxylation sites is 1. The number of rotatable bonds is 3. The molecule has 128 valence electrons. The standard InChI is InChI=1S/C22H23NO2/c1-24-18-13-11-16(12-14-18)22-15-20(23-17-7-3-2-4-8-17)19-9-5-6-10-21(19)25-22/h5-6,9-15,17H,2-4,7-8H2,1H3. The molecule has 0 aliphatic heterocycles. The van der Waals surface area contributed by atoms with Crippen molar-refractivity contribution in [1.29, 1.82) is 0 Å². The number of methoxy groups -OCH3 is 1. The molecule has 25 heavy (non-hydrogen) atoms. The molecule has 1 saturated carbocycles. The van der Waals surface area contributed by atoms with Crippen LogP contribution in [0.5, 0.6) is 5.75 Å². The Hall–Kier alpha value is -2.55. The maximum absolute atomic E-state index is 6.15. The maximum Gasteiger partial charge on any atom is 0.136 e. The average molecular weight is 333 g/mol. The molecule has 3 aromatic rings. The van der Waals surface area contributed by atoms with Gasteiger partial charge in [-0.3, -0.25) is 4.99 Å². The zero-order chi connectivity index (χ0) is 17.1. The van der Waals surface area contributed by atoms with Crippen LogP contribution in [0.2, 0.25) is 0 Å². The lowest BCUT2D eigenvalue weighted by atomic mass is 9.96. The average Bonchev–Trinajstić information content (AvgIpc) is 2.69. The minimum absolute atomic E-state index is 0.434. The molecule has 0 amide bonds. The molecule has 0 saturated heterocycles. The predicted molar refractivity (Wildman–Crippen MR) is 101 cm³/mol. The number of benzene rings is 2. The number of ether oxygens (including phenoxy) is 1. The van der Waals surface area contributed by atoms with Crippen molar-refractivity contribution < 1.29 is 9.15 Å². The summed E-state index contributed by atoms with van der Waals surface area (Å²) in [7, 11) is 1.68. The molecule has 1 aromatic heterocycles. The van der Waals surface area contributed by atoms with Gasteiger partial charge in [-0.25, -0.2) is 0 Å². The Morgan fingerprint density at radius 1 is 0.960 bits per heavy atom. The Morgan fingerprint density at radius 3 is 2.48 bits per heavy atom. The highest BCUT2D eigenvalue weighted by Crippen LogP contribution is 2.25. The SMILES string of the molecule is COc1ccc(-c2cc(=NC3CCCCC3)c3ccccc3o2)cc1. The van der Waals surface area contributed by atoms with E-state index in [-0.39, 0.29) is 0 Å². The smallest absolute Gasteiger partial charge is 0.136 e. The summed E-state index contributed by atoms with van der Waals surface area (Å²) in [5.74, 6) is 1.69. The minimum Gasteiger partial charge on any atom is -0.497 e. The Morgan fingerprint density at radius 2 is 1.72 bits per heavy atom. The molecule has 1 aliphatic carbocycles. The highest BCUT2D eigenvalue weighted by Gasteiger charge is 2.13. The quantitative estimate of drug-likeness (QED) is 0.648. The first-order valence-electron chi connectivity index (χ1n) is 9.04. The normalized spacial score (nSPS) is 16.3. The van der Waals surface area contributed by atoms with E-state index in [1.54, 1.807) is 7.11 Å². The van der Waals surface area contributed by atoms with Crippen LogP contribution in [0.3, 0.4) is 0 Å². The fourth-order valence-corrected chi connectivity index (χ4v) is 3.53. The van der Waals surface area contributed by atoms with Crippen molar-refractivity contribution in [2.75, 3.05) is 7.11 Å². The van der Waals surface area contributed by atoms with Crippen LogP contribution >= 0.6 is 0 Å². The zero-order valence-electron chi connectivity index (χ0n) is 14.6. The molecule has 1 fully saturated rings. The Labute approximate surface area is 148 Å². The summed E-state index contributed by atoms with van der Waals surface area (Å²) in [5.41, 5.74) is 1.91. The van der Waals surface area contributed by atoms with Gasteiger partial charge in [0.2, 0.25) is 0 Å². The highest BCUT2D eigenvalue weighted by atomic mass is 16.5. The van der Waals surface area contributed by atoms with Gasteiger partial charge in [0, 0.05) is 17.0 Å². The van der Waals surface area contributed by atoms with Gasteiger partial charge in [-0.05, 0) is 49.2 Å². The molecule has 0 atom stereocenters. The monoisotopic (exact) mass is 333 g/mol. The van der Waals surface area contributed by atoms with Gasteiger partial charge in [0.25, 0.3) is 0 Å². The van der Waals surface area contributed by atoms with E-state index in [0.717, 1.165) is 33.4 Å². The second-order valence-corrected chi connectivity index (χ2v) is 6.64. The van der Waals surface area contributed by atoms with Crippen molar-refractivity contribution in [1.82, 2.24) is 0 Å². The second-order valence-electron chi connectivity index (χ2n) is 6.64. The van der Waals surface area contributed by atoms with Crippen molar-refractivity contribution in [3.63, 3.8) is 0 Å². The van der Waals surface area contributed by atoms with Crippen LogP contribution in [-0.2, 0) is 0 Å². The van der Waals surface area contributed by atoms with Crippen molar-refractivity contribution in [3.05, 3.63) is 60.0 Å². The lowest BCUT2D eigenvalue weighted by Gasteiger charge is -2.17. The van der Waals surface area contributed by atoms with Crippen LogP contribution in [0.15, 0.2) is 64.0 Å². The van der Waals surface area contributed by atoms with Crippen molar-refractivity contribution in [3.8, 4) is 17.1 Å². The van der Waals surface area contributed by atoms with E-state index < -0.39 is 0 Å². The minimum atomic E-state index is 0.434. The molecule has 4 rings (SSSR count). The van der Waals surface area contributed by atoms with Crippen LogP contribution in [0, 0.1) is 0 Å². The summed E-state index contributed by atoms with van der Waals surface area (Å²) >= 11 is 0. The summed E-state index contributed by atoms with van der Waals surface area (Å²) < 4.78 is 11.4. The summed E-state index contributed by atoms with van der Waals surface area (Å²) in [5, 5.41) is 2.13. The lowest BCUT2D eigenvalue weighted by molar-refractivity contribution is 0.415. The van der Waals surface area contributed by atoms with Gasteiger partial charge < -0.3 is 9.15 Å². The van der Waals surface area contributed by atoms with Crippen LogP contribution in [-0.4, -0.2) is 13.2 Å². The Bertz CT molecular complexity index is 919. The van der Waals surface area contributed by atoms with Crippen LogP contribution in [0.25, 0.3) is 22.3 Å². The van der Waals surface area contributed by atoms with Crippen molar-refractivity contribution in [2.24, 2.45) is 4.99 Å². The van der Waals surface area contributed by atoms with Gasteiger partial charge in [0.15, 0.2) is 0 Å². The maximum atomic E-state index is 6.15. The fourth-order valence-electron chi connectivity index (χ4n) is 3.53. The fraction of sp³-hybridized carbons (Fsp3) is 0.318. The number of hydrogen-bond acceptors (Lipinski definition) is 3. The largest absolute Gasteiger partial charge is 0.497 e. The molecule has 3 heteroatoms. The summed E-state index contributed by atoms with van der Waals surface area (Å²) in [4.78, 5) is 5.08. The topological polar surface area (TPSA) is 34.7 Å². The Kier molecular flexibility index (Phi) is 4.55. The van der Waals surface area contributed by atoms with Crippen LogP contribution in [0.4, 0.5) is 0 Å². The first-order valence-corrected chi connectivity index (χ1v) is 9.04. The number of hydrogen-bond donors (Lipinski definition) is 0. The molecule has 0 bridgehead atoms. The van der Waals surface area contributed by atoms with Crippen LogP contribution < -0.4 is 10.1 Å². The molecule has 0 radical (unpaired) electrons. The van der Waals surface area contributed by atoms with E-state index in [4.69, 9.17) is 14.1 Å². The first-order chi connectivity index (χ1) is 12.3. The molecule has 0 N–H and O–H groups in total. The predicted octanol–water partition coefficient (Wildman–Crippen LogP) is 5.34. The van der Waals surface area contributed by atoms with Crippen molar-refractivity contribution in [2.45, 2.75) is 38.1 Å². The van der Waals surface area contributed by atoms with E-state index in [9.17, 15) is 0 Å². The molecule has 1 heterocycles. The molecule has 2 aromatic carbocycles. The Balaban J connectivity index is 1.84. The van der Waals surface area contributed by atoms with E-state index in [1.165, 1.54) is 32.1 Å². The molecule has 0 unspecified atom stereocenters. The molecule has 0 spiro atoms. The van der Waals surface area contributed by atoms with E-state index >= 15 is 0 Å². The highest BCUT2D eigenvalue weighted by molar-refractivity contribution is 5.78. The van der Waals surface area contributed by atoms with Crippen molar-refractivity contribution >= 4 is 11.0 Å². The first kappa shape index (κ1) is 15.9. The molecular formula is C22H23NO2. The van der Waals surface area contributed by atoms with E-state index in [1.807, 2.05) is 42.5 Å². The molecule has 1 aliphatic rings. The third kappa shape index (κ3) is 3.46. The van der Waals surface area contributed by atoms with E-state index in [0.29, 0.717) is 6.04 Å². The third-order valence-electron chi connectivity index (χ3n) is 4.92. The van der Waals surface area contributed by atoms with Gasteiger partial charge in [-0.15, -0.1) is 0 Å². The second kappa shape index (κ2) is 7.14. The third-order valence-corrected chi connectivity index (χ3v) is 4.92. The lowest BCUT2D eigenvalue weighted by Crippen LogP contribution is -2.15. The van der Waals surface area contributed by atoms with Gasteiger partial charge in [-0.1, -0.05) is 31.4 Å². The van der Waals surface area contributed by atoms with Gasteiger partial charge in [0.05, 0.1) is 18.5 Å². The number of nitrogens with zero attached hydrogens (tertiary/aromatic N) is 1. The summed E-state index contributed by atoms with van der Waals surface area (Å²) in [6.07, 6.45) is 6.30.